The van der Waals surface area contributed by atoms with Crippen LogP contribution in [0.25, 0.3) is 22.5 Å². The lowest BCUT2D eigenvalue weighted by Gasteiger charge is -2.05. The number of aromatic nitrogens is 2. The molecule has 0 fully saturated rings. The molecule has 0 saturated carbocycles. The number of hydrogen-bond donors (Lipinski definition) is 0. The summed E-state index contributed by atoms with van der Waals surface area (Å²) >= 11 is 0. The lowest BCUT2D eigenvalue weighted by atomic mass is 10.1. The average molecular weight is 304 g/mol. The molecule has 116 valence electrons. The summed E-state index contributed by atoms with van der Waals surface area (Å²) in [7, 11) is 1.66. The van der Waals surface area contributed by atoms with Crippen LogP contribution < -0.4 is 4.74 Å². The zero-order valence-electron chi connectivity index (χ0n) is 13.5. The second-order valence-electron chi connectivity index (χ2n) is 5.48. The standard InChI is InChI=1S/C20H20N2O/c1-3-4-15-5-7-16(8-6-15)19-13-14-20(22-21-19)17-9-11-18(23-2)12-10-17/h5-14H,3-4H2,1-2H3. The van der Waals surface area contributed by atoms with E-state index in [2.05, 4.69) is 41.4 Å². The van der Waals surface area contributed by atoms with E-state index in [0.717, 1.165) is 41.1 Å². The van der Waals surface area contributed by atoms with Crippen molar-refractivity contribution < 1.29 is 4.74 Å². The summed E-state index contributed by atoms with van der Waals surface area (Å²) in [6, 6.07) is 20.4. The molecule has 0 aliphatic rings. The molecule has 0 atom stereocenters. The Morgan fingerprint density at radius 2 is 1.26 bits per heavy atom. The van der Waals surface area contributed by atoms with Crippen LogP contribution in [0.5, 0.6) is 5.75 Å². The van der Waals surface area contributed by atoms with E-state index in [1.165, 1.54) is 5.56 Å². The van der Waals surface area contributed by atoms with E-state index >= 15 is 0 Å². The fourth-order valence-corrected chi connectivity index (χ4v) is 2.53. The molecule has 3 heteroatoms. The molecule has 2 aromatic carbocycles. The first-order chi connectivity index (χ1) is 11.3. The molecule has 0 aliphatic heterocycles. The Morgan fingerprint density at radius 1 is 0.739 bits per heavy atom. The summed E-state index contributed by atoms with van der Waals surface area (Å²) in [6.45, 7) is 2.19. The lowest BCUT2D eigenvalue weighted by molar-refractivity contribution is 0.415. The van der Waals surface area contributed by atoms with Gasteiger partial charge in [0.2, 0.25) is 0 Å². The van der Waals surface area contributed by atoms with E-state index < -0.39 is 0 Å². The first kappa shape index (κ1) is 15.2. The summed E-state index contributed by atoms with van der Waals surface area (Å²) in [4.78, 5) is 0. The monoisotopic (exact) mass is 304 g/mol. The van der Waals surface area contributed by atoms with E-state index in [0.29, 0.717) is 0 Å². The molecule has 0 saturated heterocycles. The Kier molecular flexibility index (Phi) is 4.67. The van der Waals surface area contributed by atoms with Gasteiger partial charge in [-0.25, -0.2) is 0 Å². The maximum atomic E-state index is 5.17. The van der Waals surface area contributed by atoms with Crippen molar-refractivity contribution in [1.29, 1.82) is 0 Å². The molecule has 1 aromatic heterocycles. The van der Waals surface area contributed by atoms with E-state index in [4.69, 9.17) is 4.74 Å². The minimum Gasteiger partial charge on any atom is -0.497 e. The number of nitrogens with zero attached hydrogens (tertiary/aromatic N) is 2. The molecule has 0 radical (unpaired) electrons. The zero-order chi connectivity index (χ0) is 16.1. The van der Waals surface area contributed by atoms with Gasteiger partial charge in [0, 0.05) is 11.1 Å². The number of methoxy groups -OCH3 is 1. The molecule has 0 aliphatic carbocycles. The Balaban J connectivity index is 1.80. The Bertz CT molecular complexity index is 747. The molecule has 0 unspecified atom stereocenters. The van der Waals surface area contributed by atoms with Crippen molar-refractivity contribution >= 4 is 0 Å². The first-order valence-corrected chi connectivity index (χ1v) is 7.87. The summed E-state index contributed by atoms with van der Waals surface area (Å²) in [5.41, 5.74) is 5.24. The molecule has 3 rings (SSSR count). The van der Waals surface area contributed by atoms with Crippen LogP contribution in [0.1, 0.15) is 18.9 Å². The van der Waals surface area contributed by atoms with Crippen molar-refractivity contribution in [1.82, 2.24) is 10.2 Å². The van der Waals surface area contributed by atoms with E-state index in [-0.39, 0.29) is 0 Å². The van der Waals surface area contributed by atoms with E-state index in [9.17, 15) is 0 Å². The third-order valence-corrected chi connectivity index (χ3v) is 3.84. The number of benzene rings is 2. The third kappa shape index (κ3) is 3.57. The molecule has 0 bridgehead atoms. The van der Waals surface area contributed by atoms with Crippen LogP contribution in [0.15, 0.2) is 60.7 Å². The highest BCUT2D eigenvalue weighted by Crippen LogP contribution is 2.23. The van der Waals surface area contributed by atoms with Gasteiger partial charge >= 0.3 is 0 Å². The Labute approximate surface area is 137 Å². The van der Waals surface area contributed by atoms with Crippen molar-refractivity contribution in [3.05, 3.63) is 66.2 Å². The van der Waals surface area contributed by atoms with E-state index in [1.807, 2.05) is 36.4 Å². The van der Waals surface area contributed by atoms with Crippen molar-refractivity contribution in [3.63, 3.8) is 0 Å². The highest BCUT2D eigenvalue weighted by molar-refractivity contribution is 5.64. The molecular formula is C20H20N2O. The van der Waals surface area contributed by atoms with Gasteiger partial charge in [0.25, 0.3) is 0 Å². The van der Waals surface area contributed by atoms with Crippen LogP contribution in [-0.4, -0.2) is 17.3 Å². The summed E-state index contributed by atoms with van der Waals surface area (Å²) in [6.07, 6.45) is 2.28. The smallest absolute Gasteiger partial charge is 0.118 e. The number of ether oxygens (including phenoxy) is 1. The Hall–Kier alpha value is -2.68. The van der Waals surface area contributed by atoms with Gasteiger partial charge in [-0.2, -0.15) is 0 Å². The van der Waals surface area contributed by atoms with Crippen LogP contribution in [0, 0.1) is 0 Å². The molecule has 3 nitrogen and oxygen atoms in total. The highest BCUT2D eigenvalue weighted by Gasteiger charge is 2.04. The molecular weight excluding hydrogens is 284 g/mol. The van der Waals surface area contributed by atoms with Crippen LogP contribution in [-0.2, 0) is 6.42 Å². The topological polar surface area (TPSA) is 35.0 Å². The quantitative estimate of drug-likeness (QED) is 0.681. The number of hydrogen-bond acceptors (Lipinski definition) is 3. The van der Waals surface area contributed by atoms with Crippen molar-refractivity contribution in [2.24, 2.45) is 0 Å². The second-order valence-corrected chi connectivity index (χ2v) is 5.48. The van der Waals surface area contributed by atoms with Crippen molar-refractivity contribution in [2.45, 2.75) is 19.8 Å². The van der Waals surface area contributed by atoms with Gasteiger partial charge < -0.3 is 4.74 Å². The first-order valence-electron chi connectivity index (χ1n) is 7.87. The fourth-order valence-electron chi connectivity index (χ4n) is 2.53. The van der Waals surface area contributed by atoms with Gasteiger partial charge in [0.05, 0.1) is 18.5 Å². The molecule has 0 N–H and O–H groups in total. The second kappa shape index (κ2) is 7.05. The van der Waals surface area contributed by atoms with Crippen LogP contribution >= 0.6 is 0 Å². The van der Waals surface area contributed by atoms with Gasteiger partial charge in [-0.3, -0.25) is 0 Å². The van der Waals surface area contributed by atoms with Crippen molar-refractivity contribution in [2.75, 3.05) is 7.11 Å². The normalized spacial score (nSPS) is 10.5. The third-order valence-electron chi connectivity index (χ3n) is 3.84. The summed E-state index contributed by atoms with van der Waals surface area (Å²) in [5, 5.41) is 8.71. The van der Waals surface area contributed by atoms with Crippen LogP contribution in [0.3, 0.4) is 0 Å². The van der Waals surface area contributed by atoms with Crippen LogP contribution in [0.4, 0.5) is 0 Å². The molecule has 23 heavy (non-hydrogen) atoms. The largest absolute Gasteiger partial charge is 0.497 e. The highest BCUT2D eigenvalue weighted by atomic mass is 16.5. The molecule has 0 amide bonds. The van der Waals surface area contributed by atoms with Crippen molar-refractivity contribution in [3.8, 4) is 28.3 Å². The molecule has 3 aromatic rings. The summed E-state index contributed by atoms with van der Waals surface area (Å²) < 4.78 is 5.17. The van der Waals surface area contributed by atoms with E-state index in [1.54, 1.807) is 7.11 Å². The van der Waals surface area contributed by atoms with Gasteiger partial charge in [-0.15, -0.1) is 10.2 Å². The number of aryl methyl sites for hydroxylation is 1. The minimum atomic E-state index is 0.838. The molecule has 0 spiro atoms. The van der Waals surface area contributed by atoms with Gasteiger partial charge in [0.15, 0.2) is 0 Å². The zero-order valence-corrected chi connectivity index (χ0v) is 13.5. The van der Waals surface area contributed by atoms with Gasteiger partial charge in [-0.05, 0) is 48.4 Å². The Morgan fingerprint density at radius 3 is 1.70 bits per heavy atom. The summed E-state index contributed by atoms with van der Waals surface area (Å²) in [5.74, 6) is 0.838. The number of rotatable bonds is 5. The predicted molar refractivity (Wildman–Crippen MR) is 93.5 cm³/mol. The van der Waals surface area contributed by atoms with Gasteiger partial charge in [-0.1, -0.05) is 37.6 Å². The van der Waals surface area contributed by atoms with Gasteiger partial charge in [0.1, 0.15) is 5.75 Å². The maximum Gasteiger partial charge on any atom is 0.118 e. The van der Waals surface area contributed by atoms with Crippen LogP contribution in [0.2, 0.25) is 0 Å². The predicted octanol–water partition coefficient (Wildman–Crippen LogP) is 4.77. The fraction of sp³-hybridized carbons (Fsp3) is 0.200. The molecule has 1 heterocycles. The SMILES string of the molecule is CCCc1ccc(-c2ccc(-c3ccc(OC)cc3)nn2)cc1. The average Bonchev–Trinajstić information content (AvgIpc) is 2.63. The lowest BCUT2D eigenvalue weighted by Crippen LogP contribution is -1.91. The maximum absolute atomic E-state index is 5.17. The minimum absolute atomic E-state index is 0.838.